The second kappa shape index (κ2) is 6.35. The Morgan fingerprint density at radius 3 is 2.42 bits per heavy atom. The van der Waals surface area contributed by atoms with Crippen molar-refractivity contribution in [2.45, 2.75) is 11.8 Å². The fourth-order valence-corrected chi connectivity index (χ4v) is 2.66. The van der Waals surface area contributed by atoms with E-state index < -0.39 is 0 Å². The standard InChI is InChI=1S/C15H13Br2NO/c1-10(16)11-6-3-5-9-14(11)18-15(19)12-7-2-4-8-13(12)17/h2-10H,1H3,(H,18,19). The number of halogens is 2. The van der Waals surface area contributed by atoms with Crippen LogP contribution in [0.3, 0.4) is 0 Å². The Hall–Kier alpha value is -1.13. The van der Waals surface area contributed by atoms with Crippen molar-refractivity contribution in [2.24, 2.45) is 0 Å². The van der Waals surface area contributed by atoms with E-state index in [1.807, 2.05) is 49.4 Å². The van der Waals surface area contributed by atoms with E-state index in [4.69, 9.17) is 0 Å². The molecular formula is C15H13Br2NO. The predicted molar refractivity (Wildman–Crippen MR) is 85.9 cm³/mol. The smallest absolute Gasteiger partial charge is 0.256 e. The van der Waals surface area contributed by atoms with E-state index in [0.717, 1.165) is 15.7 Å². The number of hydrogen-bond donors (Lipinski definition) is 1. The minimum absolute atomic E-state index is 0.118. The Balaban J connectivity index is 2.27. The molecule has 0 aromatic heterocycles. The largest absolute Gasteiger partial charge is 0.322 e. The van der Waals surface area contributed by atoms with E-state index in [9.17, 15) is 4.79 Å². The fraction of sp³-hybridized carbons (Fsp3) is 0.133. The van der Waals surface area contributed by atoms with Gasteiger partial charge in [-0.3, -0.25) is 4.79 Å². The molecule has 4 heteroatoms. The first-order valence-corrected chi connectivity index (χ1v) is 7.59. The lowest BCUT2D eigenvalue weighted by molar-refractivity contribution is 0.102. The molecular weight excluding hydrogens is 370 g/mol. The second-order valence-electron chi connectivity index (χ2n) is 4.14. The molecule has 0 bridgehead atoms. The predicted octanol–water partition coefficient (Wildman–Crippen LogP) is 5.16. The third-order valence-corrected chi connectivity index (χ3v) is 3.94. The molecule has 0 fully saturated rings. The molecule has 2 rings (SSSR count). The van der Waals surface area contributed by atoms with Gasteiger partial charge in [0.05, 0.1) is 5.56 Å². The molecule has 0 saturated carbocycles. The van der Waals surface area contributed by atoms with Crippen LogP contribution in [0.25, 0.3) is 0 Å². The van der Waals surface area contributed by atoms with E-state index >= 15 is 0 Å². The maximum Gasteiger partial charge on any atom is 0.256 e. The molecule has 19 heavy (non-hydrogen) atoms. The van der Waals surface area contributed by atoms with Crippen molar-refractivity contribution in [1.82, 2.24) is 0 Å². The SMILES string of the molecule is CC(Br)c1ccccc1NC(=O)c1ccccc1Br. The minimum Gasteiger partial charge on any atom is -0.322 e. The molecule has 2 aromatic carbocycles. The molecule has 0 aliphatic heterocycles. The van der Waals surface area contributed by atoms with Gasteiger partial charge in [0.25, 0.3) is 5.91 Å². The van der Waals surface area contributed by atoms with Crippen LogP contribution in [-0.4, -0.2) is 5.91 Å². The fourth-order valence-electron chi connectivity index (χ4n) is 1.79. The van der Waals surface area contributed by atoms with E-state index in [1.54, 1.807) is 6.07 Å². The normalized spacial score (nSPS) is 11.9. The number of carbonyl (C=O) groups excluding carboxylic acids is 1. The number of benzene rings is 2. The average Bonchev–Trinajstić information content (AvgIpc) is 2.39. The van der Waals surface area contributed by atoms with Gasteiger partial charge >= 0.3 is 0 Å². The first kappa shape index (κ1) is 14.3. The zero-order valence-electron chi connectivity index (χ0n) is 10.4. The number of nitrogens with one attached hydrogen (secondary N) is 1. The van der Waals surface area contributed by atoms with Crippen molar-refractivity contribution in [3.63, 3.8) is 0 Å². The van der Waals surface area contributed by atoms with Gasteiger partial charge in [-0.15, -0.1) is 0 Å². The van der Waals surface area contributed by atoms with E-state index in [-0.39, 0.29) is 10.7 Å². The van der Waals surface area contributed by atoms with Crippen LogP contribution in [0.15, 0.2) is 53.0 Å². The van der Waals surface area contributed by atoms with Crippen LogP contribution in [0.2, 0.25) is 0 Å². The number of amides is 1. The Morgan fingerprint density at radius 2 is 1.74 bits per heavy atom. The molecule has 2 nitrogen and oxygen atoms in total. The van der Waals surface area contributed by atoms with Gasteiger partial charge in [-0.25, -0.2) is 0 Å². The van der Waals surface area contributed by atoms with E-state index in [1.165, 1.54) is 0 Å². The van der Waals surface area contributed by atoms with Crippen molar-refractivity contribution < 1.29 is 4.79 Å². The summed E-state index contributed by atoms with van der Waals surface area (Å²) in [7, 11) is 0. The number of carbonyl (C=O) groups is 1. The van der Waals surface area contributed by atoms with Crippen LogP contribution >= 0.6 is 31.9 Å². The summed E-state index contributed by atoms with van der Waals surface area (Å²) in [5, 5.41) is 2.95. The van der Waals surface area contributed by atoms with Crippen LogP contribution in [0.4, 0.5) is 5.69 Å². The molecule has 0 heterocycles. The zero-order chi connectivity index (χ0) is 13.8. The summed E-state index contributed by atoms with van der Waals surface area (Å²) in [5.41, 5.74) is 2.51. The number of anilines is 1. The Labute approximate surface area is 129 Å². The summed E-state index contributed by atoms with van der Waals surface area (Å²) in [6.45, 7) is 2.03. The summed E-state index contributed by atoms with van der Waals surface area (Å²) in [6, 6.07) is 15.1. The number of rotatable bonds is 3. The summed E-state index contributed by atoms with van der Waals surface area (Å²) in [6.07, 6.45) is 0. The third-order valence-electron chi connectivity index (χ3n) is 2.76. The highest BCUT2D eigenvalue weighted by molar-refractivity contribution is 9.10. The summed E-state index contributed by atoms with van der Waals surface area (Å²) in [4.78, 5) is 12.4. The highest BCUT2D eigenvalue weighted by Crippen LogP contribution is 2.29. The summed E-state index contributed by atoms with van der Waals surface area (Å²) in [5.74, 6) is -0.118. The number of hydrogen-bond acceptors (Lipinski definition) is 1. The third kappa shape index (κ3) is 3.45. The van der Waals surface area contributed by atoms with Crippen LogP contribution < -0.4 is 5.32 Å². The molecule has 0 saturated heterocycles. The molecule has 0 aliphatic carbocycles. The molecule has 98 valence electrons. The maximum atomic E-state index is 12.3. The minimum atomic E-state index is -0.118. The van der Waals surface area contributed by atoms with Gasteiger partial charge in [0, 0.05) is 15.0 Å². The van der Waals surface area contributed by atoms with Crippen molar-refractivity contribution in [1.29, 1.82) is 0 Å². The average molecular weight is 383 g/mol. The second-order valence-corrected chi connectivity index (χ2v) is 6.37. The van der Waals surface area contributed by atoms with Gasteiger partial charge in [-0.2, -0.15) is 0 Å². The molecule has 1 N–H and O–H groups in total. The molecule has 0 spiro atoms. The molecule has 0 aliphatic rings. The first-order valence-electron chi connectivity index (χ1n) is 5.88. The van der Waals surface area contributed by atoms with Crippen LogP contribution in [0.1, 0.15) is 27.7 Å². The van der Waals surface area contributed by atoms with Crippen molar-refractivity contribution in [3.8, 4) is 0 Å². The highest BCUT2D eigenvalue weighted by Gasteiger charge is 2.13. The summed E-state index contributed by atoms with van der Waals surface area (Å²) >= 11 is 6.92. The Bertz CT molecular complexity index is 596. The number of alkyl halides is 1. The molecule has 1 unspecified atom stereocenters. The molecule has 0 radical (unpaired) electrons. The van der Waals surface area contributed by atoms with Gasteiger partial charge in [0.15, 0.2) is 0 Å². The van der Waals surface area contributed by atoms with Crippen molar-refractivity contribution in [3.05, 3.63) is 64.1 Å². The van der Waals surface area contributed by atoms with Crippen LogP contribution in [0, 0.1) is 0 Å². The van der Waals surface area contributed by atoms with Gasteiger partial charge in [-0.05, 0) is 46.6 Å². The molecule has 2 aromatic rings. The van der Waals surface area contributed by atoms with Crippen LogP contribution in [-0.2, 0) is 0 Å². The number of para-hydroxylation sites is 1. The Morgan fingerprint density at radius 1 is 1.11 bits per heavy atom. The molecule has 1 atom stereocenters. The quantitative estimate of drug-likeness (QED) is 0.730. The Kier molecular flexibility index (Phi) is 4.77. The van der Waals surface area contributed by atoms with Crippen molar-refractivity contribution >= 4 is 43.5 Å². The first-order chi connectivity index (χ1) is 9.09. The lowest BCUT2D eigenvalue weighted by Gasteiger charge is -2.13. The van der Waals surface area contributed by atoms with Gasteiger partial charge < -0.3 is 5.32 Å². The molecule has 1 amide bonds. The lowest BCUT2D eigenvalue weighted by atomic mass is 10.1. The van der Waals surface area contributed by atoms with Gasteiger partial charge in [0.1, 0.15) is 0 Å². The highest BCUT2D eigenvalue weighted by atomic mass is 79.9. The zero-order valence-corrected chi connectivity index (χ0v) is 13.5. The maximum absolute atomic E-state index is 12.3. The van der Waals surface area contributed by atoms with Crippen LogP contribution in [0.5, 0.6) is 0 Å². The topological polar surface area (TPSA) is 29.1 Å². The van der Waals surface area contributed by atoms with E-state index in [0.29, 0.717) is 5.56 Å². The van der Waals surface area contributed by atoms with Gasteiger partial charge in [0.2, 0.25) is 0 Å². The van der Waals surface area contributed by atoms with Crippen molar-refractivity contribution in [2.75, 3.05) is 5.32 Å². The monoisotopic (exact) mass is 381 g/mol. The van der Waals surface area contributed by atoms with E-state index in [2.05, 4.69) is 37.2 Å². The summed E-state index contributed by atoms with van der Waals surface area (Å²) < 4.78 is 0.789. The lowest BCUT2D eigenvalue weighted by Crippen LogP contribution is -2.13. The van der Waals surface area contributed by atoms with Gasteiger partial charge in [-0.1, -0.05) is 46.3 Å².